The van der Waals surface area contributed by atoms with Gasteiger partial charge < -0.3 is 4.90 Å². The van der Waals surface area contributed by atoms with Crippen molar-refractivity contribution in [2.75, 3.05) is 14.1 Å². The smallest absolute Gasteiger partial charge is 0.192 e. The molecule has 0 aliphatic heterocycles. The molecule has 0 bridgehead atoms. The number of nitrogens with zero attached hydrogens (tertiary/aromatic N) is 3. The Labute approximate surface area is 106 Å². The van der Waals surface area contributed by atoms with Gasteiger partial charge in [0.25, 0.3) is 0 Å². The molecule has 2 aromatic rings. The van der Waals surface area contributed by atoms with Crippen LogP contribution in [0.25, 0.3) is 11.1 Å². The van der Waals surface area contributed by atoms with Crippen molar-refractivity contribution in [3.8, 4) is 11.1 Å². The van der Waals surface area contributed by atoms with Gasteiger partial charge in [-0.15, -0.1) is 0 Å². The number of rotatable bonds is 4. The van der Waals surface area contributed by atoms with Crippen LogP contribution in [-0.4, -0.2) is 35.2 Å². The lowest BCUT2D eigenvalue weighted by atomic mass is 10.1. The molecule has 0 unspecified atom stereocenters. The highest BCUT2D eigenvalue weighted by Gasteiger charge is 2.02. The second kappa shape index (κ2) is 5.51. The third-order valence-electron chi connectivity index (χ3n) is 2.54. The molecule has 0 saturated heterocycles. The van der Waals surface area contributed by atoms with Crippen LogP contribution in [0.1, 0.15) is 16.2 Å². The Morgan fingerprint density at radius 2 is 1.89 bits per heavy atom. The maximum atomic E-state index is 10.5. The molecule has 0 atom stereocenters. The van der Waals surface area contributed by atoms with Crippen LogP contribution in [0.2, 0.25) is 0 Å². The summed E-state index contributed by atoms with van der Waals surface area (Å²) in [4.78, 5) is 20.6. The SMILES string of the molecule is CN(C)Cc1cccc(-c2cnc(C=O)nc2)c1. The minimum Gasteiger partial charge on any atom is -0.305 e. The van der Waals surface area contributed by atoms with Gasteiger partial charge in [-0.3, -0.25) is 4.79 Å². The third kappa shape index (κ3) is 2.99. The Morgan fingerprint density at radius 3 is 2.50 bits per heavy atom. The highest BCUT2D eigenvalue weighted by atomic mass is 16.1. The molecule has 0 aliphatic carbocycles. The lowest BCUT2D eigenvalue weighted by Crippen LogP contribution is -2.10. The standard InChI is InChI=1S/C14H15N3O/c1-17(2)9-11-4-3-5-12(6-11)13-7-15-14(10-18)16-8-13/h3-8,10H,9H2,1-2H3. The molecule has 0 radical (unpaired) electrons. The number of carbonyl (C=O) groups excluding carboxylic acids is 1. The summed E-state index contributed by atoms with van der Waals surface area (Å²) in [6.45, 7) is 0.890. The number of aromatic nitrogens is 2. The monoisotopic (exact) mass is 241 g/mol. The van der Waals surface area contributed by atoms with Gasteiger partial charge in [0.2, 0.25) is 0 Å². The van der Waals surface area contributed by atoms with Gasteiger partial charge in [0.05, 0.1) is 0 Å². The third-order valence-corrected chi connectivity index (χ3v) is 2.54. The van der Waals surface area contributed by atoms with Gasteiger partial charge in [-0.25, -0.2) is 9.97 Å². The van der Waals surface area contributed by atoms with Crippen LogP contribution in [0.3, 0.4) is 0 Å². The molecule has 0 amide bonds. The minimum atomic E-state index is 0.211. The van der Waals surface area contributed by atoms with Crippen molar-refractivity contribution in [3.63, 3.8) is 0 Å². The average molecular weight is 241 g/mol. The molecule has 0 spiro atoms. The van der Waals surface area contributed by atoms with E-state index in [9.17, 15) is 4.79 Å². The van der Waals surface area contributed by atoms with Crippen molar-refractivity contribution in [1.29, 1.82) is 0 Å². The second-order valence-electron chi connectivity index (χ2n) is 4.39. The van der Waals surface area contributed by atoms with Gasteiger partial charge in [0, 0.05) is 24.5 Å². The van der Waals surface area contributed by atoms with Crippen molar-refractivity contribution in [2.45, 2.75) is 6.54 Å². The summed E-state index contributed by atoms with van der Waals surface area (Å²) in [5, 5.41) is 0. The Hall–Kier alpha value is -2.07. The normalized spacial score (nSPS) is 10.6. The maximum Gasteiger partial charge on any atom is 0.192 e. The maximum absolute atomic E-state index is 10.5. The Bertz CT molecular complexity index is 535. The number of aldehydes is 1. The van der Waals surface area contributed by atoms with E-state index in [4.69, 9.17) is 0 Å². The summed E-state index contributed by atoms with van der Waals surface area (Å²) in [6, 6.07) is 8.23. The van der Waals surface area contributed by atoms with E-state index in [0.29, 0.717) is 6.29 Å². The quantitative estimate of drug-likeness (QED) is 0.768. The first-order valence-electron chi connectivity index (χ1n) is 5.70. The summed E-state index contributed by atoms with van der Waals surface area (Å²) < 4.78 is 0. The fourth-order valence-corrected chi connectivity index (χ4v) is 1.76. The van der Waals surface area contributed by atoms with Crippen molar-refractivity contribution in [3.05, 3.63) is 48.0 Å². The summed E-state index contributed by atoms with van der Waals surface area (Å²) in [5.74, 6) is 0.211. The van der Waals surface area contributed by atoms with Gasteiger partial charge in [-0.05, 0) is 31.3 Å². The van der Waals surface area contributed by atoms with Crippen molar-refractivity contribution < 1.29 is 4.79 Å². The fourth-order valence-electron chi connectivity index (χ4n) is 1.76. The first-order chi connectivity index (χ1) is 8.69. The molecular weight excluding hydrogens is 226 g/mol. The van der Waals surface area contributed by atoms with E-state index in [1.165, 1.54) is 5.56 Å². The van der Waals surface area contributed by atoms with E-state index in [-0.39, 0.29) is 5.82 Å². The number of hydrogen-bond donors (Lipinski definition) is 0. The minimum absolute atomic E-state index is 0.211. The molecule has 1 aromatic carbocycles. The van der Waals surface area contributed by atoms with Crippen molar-refractivity contribution >= 4 is 6.29 Å². The van der Waals surface area contributed by atoms with E-state index in [2.05, 4.69) is 27.0 Å². The molecule has 1 heterocycles. The zero-order chi connectivity index (χ0) is 13.0. The molecule has 0 saturated carbocycles. The van der Waals surface area contributed by atoms with E-state index >= 15 is 0 Å². The highest BCUT2D eigenvalue weighted by molar-refractivity contribution is 5.70. The second-order valence-corrected chi connectivity index (χ2v) is 4.39. The average Bonchev–Trinajstić information content (AvgIpc) is 2.38. The predicted molar refractivity (Wildman–Crippen MR) is 70.2 cm³/mol. The van der Waals surface area contributed by atoms with Crippen LogP contribution in [0.5, 0.6) is 0 Å². The molecule has 4 heteroatoms. The summed E-state index contributed by atoms with van der Waals surface area (Å²) in [5.41, 5.74) is 3.21. The zero-order valence-electron chi connectivity index (χ0n) is 10.5. The van der Waals surface area contributed by atoms with E-state index in [0.717, 1.165) is 17.7 Å². The van der Waals surface area contributed by atoms with Crippen molar-refractivity contribution in [2.24, 2.45) is 0 Å². The molecule has 0 aliphatic rings. The molecule has 2 rings (SSSR count). The molecule has 4 nitrogen and oxygen atoms in total. The van der Waals surface area contributed by atoms with Gasteiger partial charge in [0.1, 0.15) is 0 Å². The van der Waals surface area contributed by atoms with Crippen LogP contribution in [-0.2, 0) is 6.54 Å². The number of carbonyl (C=O) groups is 1. The van der Waals surface area contributed by atoms with Gasteiger partial charge in [0.15, 0.2) is 12.1 Å². The zero-order valence-corrected chi connectivity index (χ0v) is 10.5. The molecular formula is C14H15N3O. The molecule has 0 fully saturated rings. The van der Waals surface area contributed by atoms with Crippen LogP contribution in [0.4, 0.5) is 0 Å². The Morgan fingerprint density at radius 1 is 1.17 bits per heavy atom. The largest absolute Gasteiger partial charge is 0.305 e. The van der Waals surface area contributed by atoms with Crippen LogP contribution < -0.4 is 0 Å². The molecule has 92 valence electrons. The van der Waals surface area contributed by atoms with Crippen LogP contribution in [0.15, 0.2) is 36.7 Å². The van der Waals surface area contributed by atoms with Crippen LogP contribution >= 0.6 is 0 Å². The first kappa shape index (κ1) is 12.4. The predicted octanol–water partition coefficient (Wildman–Crippen LogP) is 2.02. The van der Waals surface area contributed by atoms with Gasteiger partial charge in [-0.2, -0.15) is 0 Å². The van der Waals surface area contributed by atoms with E-state index in [1.54, 1.807) is 12.4 Å². The number of hydrogen-bond acceptors (Lipinski definition) is 4. The van der Waals surface area contributed by atoms with Gasteiger partial charge in [-0.1, -0.05) is 18.2 Å². The van der Waals surface area contributed by atoms with Crippen LogP contribution in [0, 0.1) is 0 Å². The van der Waals surface area contributed by atoms with Gasteiger partial charge >= 0.3 is 0 Å². The Kier molecular flexibility index (Phi) is 3.79. The number of benzene rings is 1. The highest BCUT2D eigenvalue weighted by Crippen LogP contribution is 2.19. The Balaban J connectivity index is 2.29. The van der Waals surface area contributed by atoms with Crippen molar-refractivity contribution in [1.82, 2.24) is 14.9 Å². The lowest BCUT2D eigenvalue weighted by Gasteiger charge is -2.10. The van der Waals surface area contributed by atoms with E-state index < -0.39 is 0 Å². The summed E-state index contributed by atoms with van der Waals surface area (Å²) in [7, 11) is 4.07. The molecule has 18 heavy (non-hydrogen) atoms. The lowest BCUT2D eigenvalue weighted by molar-refractivity contribution is 0.111. The fraction of sp³-hybridized carbons (Fsp3) is 0.214. The summed E-state index contributed by atoms with van der Waals surface area (Å²) >= 11 is 0. The summed E-state index contributed by atoms with van der Waals surface area (Å²) in [6.07, 6.45) is 3.99. The first-order valence-corrected chi connectivity index (χ1v) is 5.70. The van der Waals surface area contributed by atoms with E-state index in [1.807, 2.05) is 26.2 Å². The topological polar surface area (TPSA) is 46.1 Å². The molecule has 0 N–H and O–H groups in total. The molecule has 1 aromatic heterocycles.